The van der Waals surface area contributed by atoms with Gasteiger partial charge in [0.15, 0.2) is 0 Å². The molecule has 104 valence electrons. The van der Waals surface area contributed by atoms with Crippen LogP contribution in [0.15, 0.2) is 18.2 Å². The number of likely N-dealkylation sites (tertiary alicyclic amines) is 1. The number of ether oxygens (including phenoxy) is 1. The summed E-state index contributed by atoms with van der Waals surface area (Å²) in [5, 5.41) is 9.16. The molecular formula is C15H21NO3. The van der Waals surface area contributed by atoms with Gasteiger partial charge >= 0.3 is 5.97 Å². The van der Waals surface area contributed by atoms with Gasteiger partial charge in [0.1, 0.15) is 17.9 Å². The van der Waals surface area contributed by atoms with E-state index < -0.39 is 5.97 Å². The van der Waals surface area contributed by atoms with Crippen molar-refractivity contribution in [2.45, 2.75) is 32.2 Å². The maximum atomic E-state index is 11.2. The predicted molar refractivity (Wildman–Crippen MR) is 73.9 cm³/mol. The lowest BCUT2D eigenvalue weighted by Gasteiger charge is -2.32. The van der Waals surface area contributed by atoms with Crippen LogP contribution in [0.2, 0.25) is 0 Å². The topological polar surface area (TPSA) is 49.8 Å². The zero-order chi connectivity index (χ0) is 13.8. The summed E-state index contributed by atoms with van der Waals surface area (Å²) in [6.07, 6.45) is 3.57. The van der Waals surface area contributed by atoms with E-state index in [0.717, 1.165) is 18.5 Å². The number of hydrogen-bond donors (Lipinski definition) is 1. The van der Waals surface area contributed by atoms with Crippen LogP contribution >= 0.6 is 0 Å². The number of carbonyl (C=O) groups is 1. The molecule has 1 heterocycles. The van der Waals surface area contributed by atoms with Crippen molar-refractivity contribution < 1.29 is 14.6 Å². The molecule has 0 aromatic heterocycles. The van der Waals surface area contributed by atoms with Crippen molar-refractivity contribution in [3.8, 4) is 5.75 Å². The van der Waals surface area contributed by atoms with Crippen LogP contribution in [-0.4, -0.2) is 42.2 Å². The minimum Gasteiger partial charge on any atom is -0.491 e. The molecule has 1 aromatic rings. The summed E-state index contributed by atoms with van der Waals surface area (Å²) in [5.41, 5.74) is 1.25. The van der Waals surface area contributed by atoms with E-state index in [9.17, 15) is 4.79 Å². The molecule has 0 aliphatic carbocycles. The van der Waals surface area contributed by atoms with Crippen molar-refractivity contribution in [2.75, 3.05) is 20.2 Å². The second-order valence-corrected chi connectivity index (χ2v) is 5.25. The van der Waals surface area contributed by atoms with Crippen LogP contribution in [0.1, 0.15) is 35.2 Å². The molecule has 1 aromatic carbocycles. The minimum atomic E-state index is -0.938. The molecule has 1 saturated heterocycles. The van der Waals surface area contributed by atoms with Crippen LogP contribution in [0.5, 0.6) is 5.75 Å². The van der Waals surface area contributed by atoms with Crippen LogP contribution in [0.25, 0.3) is 0 Å². The summed E-state index contributed by atoms with van der Waals surface area (Å²) in [7, 11) is 2.10. The van der Waals surface area contributed by atoms with Crippen molar-refractivity contribution in [3.05, 3.63) is 29.3 Å². The molecule has 1 N–H and O–H groups in total. The second kappa shape index (κ2) is 6.06. The number of carboxylic acid groups (broad SMARTS) is 1. The van der Waals surface area contributed by atoms with Gasteiger partial charge in [-0.2, -0.15) is 0 Å². The van der Waals surface area contributed by atoms with Gasteiger partial charge in [0.05, 0.1) is 0 Å². The number of aromatic carboxylic acids is 1. The first-order valence-corrected chi connectivity index (χ1v) is 6.75. The van der Waals surface area contributed by atoms with Crippen molar-refractivity contribution in [2.24, 2.45) is 0 Å². The summed E-state index contributed by atoms with van der Waals surface area (Å²) < 4.78 is 5.77. The molecule has 0 radical (unpaired) electrons. The Hall–Kier alpha value is -1.55. The SMILES string of the molecule is Cc1ccc(C(=O)O)c(OCC2CCCCN2C)c1. The van der Waals surface area contributed by atoms with Crippen molar-refractivity contribution in [1.82, 2.24) is 4.90 Å². The van der Waals surface area contributed by atoms with E-state index in [4.69, 9.17) is 9.84 Å². The molecule has 4 nitrogen and oxygen atoms in total. The molecule has 1 fully saturated rings. The molecule has 0 amide bonds. The van der Waals surface area contributed by atoms with Gasteiger partial charge < -0.3 is 14.7 Å². The van der Waals surface area contributed by atoms with Gasteiger partial charge in [0.2, 0.25) is 0 Å². The predicted octanol–water partition coefficient (Wildman–Crippen LogP) is 2.56. The highest BCUT2D eigenvalue weighted by atomic mass is 16.5. The lowest BCUT2D eigenvalue weighted by Crippen LogP contribution is -2.40. The van der Waals surface area contributed by atoms with E-state index in [-0.39, 0.29) is 5.56 Å². The summed E-state index contributed by atoms with van der Waals surface area (Å²) >= 11 is 0. The van der Waals surface area contributed by atoms with Crippen molar-refractivity contribution in [3.63, 3.8) is 0 Å². The molecule has 0 spiro atoms. The Morgan fingerprint density at radius 1 is 1.47 bits per heavy atom. The number of rotatable bonds is 4. The van der Waals surface area contributed by atoms with E-state index in [1.54, 1.807) is 18.2 Å². The number of hydrogen-bond acceptors (Lipinski definition) is 3. The Morgan fingerprint density at radius 3 is 2.95 bits per heavy atom. The summed E-state index contributed by atoms with van der Waals surface area (Å²) in [4.78, 5) is 13.4. The summed E-state index contributed by atoms with van der Waals surface area (Å²) in [6.45, 7) is 3.58. The maximum absolute atomic E-state index is 11.2. The molecule has 0 bridgehead atoms. The Labute approximate surface area is 114 Å². The number of piperidine rings is 1. The minimum absolute atomic E-state index is 0.240. The highest BCUT2D eigenvalue weighted by Crippen LogP contribution is 2.22. The molecule has 0 saturated carbocycles. The fourth-order valence-corrected chi connectivity index (χ4v) is 2.47. The molecule has 19 heavy (non-hydrogen) atoms. The smallest absolute Gasteiger partial charge is 0.339 e. The number of carboxylic acids is 1. The summed E-state index contributed by atoms with van der Waals surface area (Å²) in [5.74, 6) is -0.460. The third-order valence-corrected chi connectivity index (χ3v) is 3.72. The van der Waals surface area contributed by atoms with E-state index in [0.29, 0.717) is 18.4 Å². The maximum Gasteiger partial charge on any atom is 0.339 e. The van der Waals surface area contributed by atoms with Crippen LogP contribution in [0.4, 0.5) is 0 Å². The summed E-state index contributed by atoms with van der Waals surface area (Å²) in [6, 6.07) is 5.59. The fraction of sp³-hybridized carbons (Fsp3) is 0.533. The molecular weight excluding hydrogens is 242 g/mol. The number of nitrogens with zero attached hydrogens (tertiary/aromatic N) is 1. The van der Waals surface area contributed by atoms with Gasteiger partial charge in [0.25, 0.3) is 0 Å². The zero-order valence-electron chi connectivity index (χ0n) is 11.6. The van der Waals surface area contributed by atoms with Gasteiger partial charge in [-0.25, -0.2) is 4.79 Å². The van der Waals surface area contributed by atoms with Gasteiger partial charge in [-0.1, -0.05) is 12.5 Å². The standard InChI is InChI=1S/C15H21NO3/c1-11-6-7-13(15(17)18)14(9-11)19-10-12-5-3-4-8-16(12)2/h6-7,9,12H,3-5,8,10H2,1-2H3,(H,17,18). The number of benzene rings is 1. The van der Waals surface area contributed by atoms with Gasteiger partial charge in [-0.15, -0.1) is 0 Å². The van der Waals surface area contributed by atoms with Gasteiger partial charge in [-0.05, 0) is 51.1 Å². The van der Waals surface area contributed by atoms with Crippen LogP contribution in [-0.2, 0) is 0 Å². The quantitative estimate of drug-likeness (QED) is 0.907. The Balaban J connectivity index is 2.05. The van der Waals surface area contributed by atoms with Crippen LogP contribution < -0.4 is 4.74 Å². The van der Waals surface area contributed by atoms with Crippen LogP contribution in [0, 0.1) is 6.92 Å². The monoisotopic (exact) mass is 263 g/mol. The van der Waals surface area contributed by atoms with E-state index in [1.165, 1.54) is 12.8 Å². The molecule has 1 aliphatic heterocycles. The Kier molecular flexibility index (Phi) is 4.43. The third kappa shape index (κ3) is 3.47. The number of likely N-dealkylation sites (N-methyl/N-ethyl adjacent to an activating group) is 1. The largest absolute Gasteiger partial charge is 0.491 e. The first kappa shape index (κ1) is 13.9. The fourth-order valence-electron chi connectivity index (χ4n) is 2.47. The average Bonchev–Trinajstić information content (AvgIpc) is 2.37. The van der Waals surface area contributed by atoms with E-state index in [1.807, 2.05) is 6.92 Å². The van der Waals surface area contributed by atoms with E-state index in [2.05, 4.69) is 11.9 Å². The lowest BCUT2D eigenvalue weighted by molar-refractivity contribution is 0.0688. The molecule has 1 aliphatic rings. The first-order valence-electron chi connectivity index (χ1n) is 6.75. The first-order chi connectivity index (χ1) is 9.08. The highest BCUT2D eigenvalue weighted by Gasteiger charge is 2.20. The molecule has 1 unspecified atom stereocenters. The average molecular weight is 263 g/mol. The van der Waals surface area contributed by atoms with E-state index >= 15 is 0 Å². The zero-order valence-corrected chi connectivity index (χ0v) is 11.6. The Morgan fingerprint density at radius 2 is 2.26 bits per heavy atom. The molecule has 1 atom stereocenters. The van der Waals surface area contributed by atoms with Gasteiger partial charge in [0, 0.05) is 6.04 Å². The lowest BCUT2D eigenvalue weighted by atomic mass is 10.0. The molecule has 2 rings (SSSR count). The third-order valence-electron chi connectivity index (χ3n) is 3.72. The van der Waals surface area contributed by atoms with Gasteiger partial charge in [-0.3, -0.25) is 0 Å². The molecule has 4 heteroatoms. The normalized spacial score (nSPS) is 20.2. The highest BCUT2D eigenvalue weighted by molar-refractivity contribution is 5.90. The van der Waals surface area contributed by atoms with Crippen LogP contribution in [0.3, 0.4) is 0 Å². The van der Waals surface area contributed by atoms with Crippen molar-refractivity contribution >= 4 is 5.97 Å². The number of aryl methyl sites for hydroxylation is 1. The van der Waals surface area contributed by atoms with Crippen molar-refractivity contribution in [1.29, 1.82) is 0 Å². The second-order valence-electron chi connectivity index (χ2n) is 5.25. The Bertz CT molecular complexity index is 459.